The molecule has 4 rings (SSSR count). The molecule has 3 heterocycles. The molecule has 0 unspecified atom stereocenters. The van der Waals surface area contributed by atoms with E-state index in [9.17, 15) is 5.11 Å². The highest BCUT2D eigenvalue weighted by molar-refractivity contribution is 5.78. The Labute approximate surface area is 126 Å². The van der Waals surface area contributed by atoms with Crippen molar-refractivity contribution in [1.29, 1.82) is 0 Å². The van der Waals surface area contributed by atoms with Gasteiger partial charge in [0, 0.05) is 38.9 Å². The molecule has 0 fully saturated rings. The molecule has 0 saturated carbocycles. The minimum Gasteiger partial charge on any atom is -0.507 e. The number of fused-ring (bicyclic) bond motifs is 1. The minimum absolute atomic E-state index is 0.213. The second-order valence-corrected chi connectivity index (χ2v) is 5.27. The Morgan fingerprint density at radius 3 is 2.50 bits per heavy atom. The van der Waals surface area contributed by atoms with Crippen LogP contribution in [0.3, 0.4) is 0 Å². The number of benzene rings is 1. The maximum atomic E-state index is 10.1. The first-order valence-corrected chi connectivity index (χ1v) is 6.96. The third kappa shape index (κ3) is 1.67. The van der Waals surface area contributed by atoms with Gasteiger partial charge in [0.2, 0.25) is 0 Å². The van der Waals surface area contributed by atoms with E-state index in [1.54, 1.807) is 18.3 Å². The summed E-state index contributed by atoms with van der Waals surface area (Å²) >= 11 is 0. The lowest BCUT2D eigenvalue weighted by Gasteiger charge is -2.01. The summed E-state index contributed by atoms with van der Waals surface area (Å²) in [4.78, 5) is 9.14. The molecule has 6 nitrogen and oxygen atoms in total. The monoisotopic (exact) mass is 293 g/mol. The van der Waals surface area contributed by atoms with E-state index in [4.69, 9.17) is 4.98 Å². The van der Waals surface area contributed by atoms with Crippen molar-refractivity contribution in [2.45, 2.75) is 0 Å². The Morgan fingerprint density at radius 1 is 0.955 bits per heavy atom. The molecule has 6 heteroatoms. The number of phenols is 1. The summed E-state index contributed by atoms with van der Waals surface area (Å²) in [5.41, 5.74) is 2.43. The molecule has 4 aromatic rings. The summed E-state index contributed by atoms with van der Waals surface area (Å²) < 4.78 is 5.91. The molecule has 1 N–H and O–H groups in total. The second kappa shape index (κ2) is 4.49. The zero-order chi connectivity index (χ0) is 15.3. The van der Waals surface area contributed by atoms with Crippen LogP contribution in [-0.4, -0.2) is 28.6 Å². The van der Waals surface area contributed by atoms with Gasteiger partial charge in [0.15, 0.2) is 5.82 Å². The number of aromatic hydroxyl groups is 1. The normalized spacial score (nSPS) is 11.4. The highest BCUT2D eigenvalue weighted by Gasteiger charge is 2.20. The van der Waals surface area contributed by atoms with Crippen LogP contribution >= 0.6 is 0 Å². The van der Waals surface area contributed by atoms with Gasteiger partial charge >= 0.3 is 0 Å². The summed E-state index contributed by atoms with van der Waals surface area (Å²) in [6, 6.07) is 7.22. The van der Waals surface area contributed by atoms with E-state index in [2.05, 4.69) is 4.98 Å². The molecular formula is C16H15N5O. The van der Waals surface area contributed by atoms with Crippen LogP contribution in [0.4, 0.5) is 0 Å². The lowest BCUT2D eigenvalue weighted by Crippen LogP contribution is -1.95. The number of hydrogen-bond donors (Lipinski definition) is 1. The van der Waals surface area contributed by atoms with Gasteiger partial charge in [0.1, 0.15) is 22.9 Å². The van der Waals surface area contributed by atoms with E-state index in [1.165, 1.54) is 0 Å². The second-order valence-electron chi connectivity index (χ2n) is 5.27. The molecule has 0 spiro atoms. The van der Waals surface area contributed by atoms with Gasteiger partial charge in [-0.3, -0.25) is 4.40 Å². The number of phenolic OH excluding ortho intramolecular Hbond substituents is 1. The number of hydrogen-bond acceptors (Lipinski definition) is 3. The molecule has 0 atom stereocenters. The summed E-state index contributed by atoms with van der Waals surface area (Å²) in [7, 11) is 3.91. The fraction of sp³-hybridized carbons (Fsp3) is 0.125. The number of imidazole rings is 3. The van der Waals surface area contributed by atoms with Crippen LogP contribution in [-0.2, 0) is 14.1 Å². The number of aryl methyl sites for hydroxylation is 2. The van der Waals surface area contributed by atoms with Crippen molar-refractivity contribution in [3.8, 4) is 28.7 Å². The fourth-order valence-corrected chi connectivity index (χ4v) is 2.74. The topological polar surface area (TPSA) is 60.3 Å². The van der Waals surface area contributed by atoms with E-state index >= 15 is 0 Å². The molecule has 0 aliphatic heterocycles. The molecule has 0 bridgehead atoms. The number of nitrogens with zero attached hydrogens (tertiary/aromatic N) is 5. The van der Waals surface area contributed by atoms with Gasteiger partial charge in [-0.2, -0.15) is 0 Å². The van der Waals surface area contributed by atoms with Gasteiger partial charge in [-0.05, 0) is 12.1 Å². The predicted molar refractivity (Wildman–Crippen MR) is 83.5 cm³/mol. The van der Waals surface area contributed by atoms with Gasteiger partial charge in [-0.1, -0.05) is 12.1 Å². The predicted octanol–water partition coefficient (Wildman–Crippen LogP) is 2.45. The first-order chi connectivity index (χ1) is 10.7. The smallest absolute Gasteiger partial charge is 0.162 e. The minimum atomic E-state index is 0.213. The summed E-state index contributed by atoms with van der Waals surface area (Å²) in [5.74, 6) is 1.71. The SMILES string of the molecule is Cn1ccnc1-c1nc(-c2ccccc2O)n2ccn(C)c12. The summed E-state index contributed by atoms with van der Waals surface area (Å²) in [5, 5.41) is 10.1. The number of rotatable bonds is 2. The van der Waals surface area contributed by atoms with E-state index in [0.717, 1.165) is 17.2 Å². The van der Waals surface area contributed by atoms with Crippen LogP contribution in [0.25, 0.3) is 28.6 Å². The van der Waals surface area contributed by atoms with Crippen LogP contribution in [0.15, 0.2) is 49.1 Å². The maximum Gasteiger partial charge on any atom is 0.162 e. The van der Waals surface area contributed by atoms with Crippen molar-refractivity contribution < 1.29 is 5.11 Å². The van der Waals surface area contributed by atoms with E-state index < -0.39 is 0 Å². The Kier molecular flexibility index (Phi) is 2.59. The van der Waals surface area contributed by atoms with Crippen LogP contribution in [0.5, 0.6) is 5.75 Å². The van der Waals surface area contributed by atoms with Crippen molar-refractivity contribution >= 4 is 5.65 Å². The fourth-order valence-electron chi connectivity index (χ4n) is 2.74. The molecule has 22 heavy (non-hydrogen) atoms. The van der Waals surface area contributed by atoms with Crippen molar-refractivity contribution in [1.82, 2.24) is 23.5 Å². The van der Waals surface area contributed by atoms with Crippen molar-refractivity contribution in [2.75, 3.05) is 0 Å². The molecule has 110 valence electrons. The lowest BCUT2D eigenvalue weighted by molar-refractivity contribution is 0.477. The van der Waals surface area contributed by atoms with Gasteiger partial charge in [0.25, 0.3) is 0 Å². The zero-order valence-corrected chi connectivity index (χ0v) is 12.3. The van der Waals surface area contributed by atoms with Crippen LogP contribution in [0.2, 0.25) is 0 Å². The van der Waals surface area contributed by atoms with Gasteiger partial charge < -0.3 is 14.2 Å². The highest BCUT2D eigenvalue weighted by Crippen LogP contribution is 2.32. The standard InChI is InChI=1S/C16H15N5O/c1-19-8-7-17-15(19)13-16-20(2)9-10-21(16)14(18-13)11-5-3-4-6-12(11)22/h3-10,22H,1-2H3. The quantitative estimate of drug-likeness (QED) is 0.617. The highest BCUT2D eigenvalue weighted by atomic mass is 16.3. The van der Waals surface area contributed by atoms with E-state index in [0.29, 0.717) is 11.4 Å². The maximum absolute atomic E-state index is 10.1. The molecule has 0 saturated heterocycles. The molecule has 1 aromatic carbocycles. The Balaban J connectivity index is 2.07. The van der Waals surface area contributed by atoms with E-state index in [1.807, 2.05) is 58.4 Å². The van der Waals surface area contributed by atoms with E-state index in [-0.39, 0.29) is 5.75 Å². The van der Waals surface area contributed by atoms with Crippen LogP contribution < -0.4 is 0 Å². The Morgan fingerprint density at radius 2 is 1.77 bits per heavy atom. The lowest BCUT2D eigenvalue weighted by atomic mass is 10.2. The number of para-hydroxylation sites is 1. The van der Waals surface area contributed by atoms with Crippen molar-refractivity contribution in [2.24, 2.45) is 14.1 Å². The van der Waals surface area contributed by atoms with Gasteiger partial charge in [-0.15, -0.1) is 0 Å². The molecule has 0 aliphatic rings. The summed E-state index contributed by atoms with van der Waals surface area (Å²) in [6.45, 7) is 0. The average molecular weight is 293 g/mol. The summed E-state index contributed by atoms with van der Waals surface area (Å²) in [6.07, 6.45) is 7.55. The first-order valence-electron chi connectivity index (χ1n) is 6.96. The Bertz CT molecular complexity index is 976. The molecule has 0 amide bonds. The first kappa shape index (κ1) is 12.7. The average Bonchev–Trinajstić information content (AvgIpc) is 3.17. The Hall–Kier alpha value is -3.02. The van der Waals surface area contributed by atoms with Crippen molar-refractivity contribution in [3.05, 3.63) is 49.1 Å². The van der Waals surface area contributed by atoms with Crippen LogP contribution in [0, 0.1) is 0 Å². The molecule has 3 aromatic heterocycles. The van der Waals surface area contributed by atoms with Crippen molar-refractivity contribution in [3.63, 3.8) is 0 Å². The van der Waals surface area contributed by atoms with Crippen LogP contribution in [0.1, 0.15) is 0 Å². The third-order valence-electron chi connectivity index (χ3n) is 3.84. The largest absolute Gasteiger partial charge is 0.507 e. The molecule has 0 aliphatic carbocycles. The third-order valence-corrected chi connectivity index (χ3v) is 3.84. The molecule has 0 radical (unpaired) electrons. The number of aromatic nitrogens is 5. The van der Waals surface area contributed by atoms with Gasteiger partial charge in [0.05, 0.1) is 5.56 Å². The zero-order valence-electron chi connectivity index (χ0n) is 12.3. The van der Waals surface area contributed by atoms with Gasteiger partial charge in [-0.25, -0.2) is 9.97 Å². The molecular weight excluding hydrogens is 278 g/mol.